The zero-order chi connectivity index (χ0) is 20.2. The van der Waals surface area contributed by atoms with Crippen molar-refractivity contribution < 1.29 is 4.79 Å². The van der Waals surface area contributed by atoms with Gasteiger partial charge in [0.1, 0.15) is 0 Å². The van der Waals surface area contributed by atoms with E-state index in [1.807, 2.05) is 84.9 Å². The first kappa shape index (κ1) is 16.9. The fraction of sp³-hybridized carbons (Fsp3) is 0.0370. The number of aromatic nitrogens is 1. The number of carbonyl (C=O) groups excluding carboxylic acids is 1. The zero-order valence-corrected chi connectivity index (χ0v) is 16.1. The third-order valence-corrected chi connectivity index (χ3v) is 6.04. The standard InChI is InChI=1S/C27H17NO2/c29-26-20-6-2-1-5-18(20)13-19-10-9-16(14-22(19)26)17-11-12-25-23(15-17)27(30)21-7-3-4-8-24(21)28-25/h1-12,14-15H,13H2,(H,28,30). The summed E-state index contributed by atoms with van der Waals surface area (Å²) in [5.74, 6) is 0.0679. The lowest BCUT2D eigenvalue weighted by Gasteiger charge is -2.19. The minimum absolute atomic E-state index is 0.0177. The molecular formula is C27H17NO2. The van der Waals surface area contributed by atoms with E-state index in [9.17, 15) is 9.59 Å². The largest absolute Gasteiger partial charge is 0.354 e. The molecular weight excluding hydrogens is 370 g/mol. The molecule has 4 aromatic carbocycles. The summed E-state index contributed by atoms with van der Waals surface area (Å²) in [7, 11) is 0. The lowest BCUT2D eigenvalue weighted by Crippen LogP contribution is -2.14. The lowest BCUT2D eigenvalue weighted by molar-refractivity contribution is 0.103. The van der Waals surface area contributed by atoms with E-state index in [0.717, 1.165) is 50.8 Å². The third-order valence-electron chi connectivity index (χ3n) is 6.04. The second-order valence-electron chi connectivity index (χ2n) is 7.80. The molecule has 0 fully saturated rings. The van der Waals surface area contributed by atoms with E-state index < -0.39 is 0 Å². The summed E-state index contributed by atoms with van der Waals surface area (Å²) in [5.41, 5.74) is 7.19. The van der Waals surface area contributed by atoms with Crippen LogP contribution in [0.4, 0.5) is 0 Å². The van der Waals surface area contributed by atoms with Crippen LogP contribution in [0.15, 0.2) is 89.7 Å². The summed E-state index contributed by atoms with van der Waals surface area (Å²) in [6, 6.07) is 27.2. The van der Waals surface area contributed by atoms with E-state index in [1.165, 1.54) is 0 Å². The highest BCUT2D eigenvalue weighted by Gasteiger charge is 2.23. The molecule has 1 N–H and O–H groups in total. The van der Waals surface area contributed by atoms with Gasteiger partial charge in [-0.1, -0.05) is 54.6 Å². The average molecular weight is 387 g/mol. The van der Waals surface area contributed by atoms with Crippen molar-refractivity contribution in [3.05, 3.63) is 117 Å². The summed E-state index contributed by atoms with van der Waals surface area (Å²) in [6.45, 7) is 0. The Morgan fingerprint density at radius 3 is 2.23 bits per heavy atom. The number of benzene rings is 4. The number of H-pyrrole nitrogens is 1. The van der Waals surface area contributed by atoms with Gasteiger partial charge in [-0.2, -0.15) is 0 Å². The minimum atomic E-state index is 0.0177. The lowest BCUT2D eigenvalue weighted by atomic mass is 9.83. The number of ketones is 1. The van der Waals surface area contributed by atoms with Crippen LogP contribution in [0.5, 0.6) is 0 Å². The average Bonchev–Trinajstić information content (AvgIpc) is 2.79. The molecule has 142 valence electrons. The summed E-state index contributed by atoms with van der Waals surface area (Å²) in [6.07, 6.45) is 0.765. The van der Waals surface area contributed by atoms with Gasteiger partial charge >= 0.3 is 0 Å². The maximum Gasteiger partial charge on any atom is 0.197 e. The van der Waals surface area contributed by atoms with E-state index in [0.29, 0.717) is 10.8 Å². The molecule has 0 bridgehead atoms. The molecule has 6 rings (SSSR count). The number of nitrogens with one attached hydrogen (secondary N) is 1. The van der Waals surface area contributed by atoms with Crippen molar-refractivity contribution in [1.82, 2.24) is 4.98 Å². The number of carbonyl (C=O) groups is 1. The summed E-state index contributed by atoms with van der Waals surface area (Å²) in [4.78, 5) is 29.4. The molecule has 0 radical (unpaired) electrons. The van der Waals surface area contributed by atoms with Gasteiger partial charge < -0.3 is 4.98 Å². The molecule has 0 unspecified atom stereocenters. The molecule has 1 aromatic heterocycles. The first-order chi connectivity index (χ1) is 14.7. The zero-order valence-electron chi connectivity index (χ0n) is 16.1. The van der Waals surface area contributed by atoms with Crippen molar-refractivity contribution >= 4 is 27.6 Å². The number of hydrogen-bond acceptors (Lipinski definition) is 2. The van der Waals surface area contributed by atoms with Gasteiger partial charge in [0.25, 0.3) is 0 Å². The van der Waals surface area contributed by atoms with Crippen molar-refractivity contribution in [1.29, 1.82) is 0 Å². The van der Waals surface area contributed by atoms with E-state index in [-0.39, 0.29) is 11.2 Å². The normalized spacial score (nSPS) is 12.7. The summed E-state index contributed by atoms with van der Waals surface area (Å²) in [5, 5.41) is 1.33. The van der Waals surface area contributed by atoms with Crippen LogP contribution < -0.4 is 5.43 Å². The highest BCUT2D eigenvalue weighted by Crippen LogP contribution is 2.31. The molecule has 30 heavy (non-hydrogen) atoms. The van der Waals surface area contributed by atoms with Crippen LogP contribution >= 0.6 is 0 Å². The first-order valence-electron chi connectivity index (χ1n) is 10.00. The van der Waals surface area contributed by atoms with Crippen LogP contribution in [0.1, 0.15) is 27.0 Å². The summed E-state index contributed by atoms with van der Waals surface area (Å²) < 4.78 is 0. The van der Waals surface area contributed by atoms with Gasteiger partial charge in [-0.25, -0.2) is 0 Å². The topological polar surface area (TPSA) is 49.9 Å². The molecule has 0 spiro atoms. The predicted molar refractivity (Wildman–Crippen MR) is 120 cm³/mol. The smallest absolute Gasteiger partial charge is 0.197 e. The van der Waals surface area contributed by atoms with Gasteiger partial charge in [-0.3, -0.25) is 9.59 Å². The van der Waals surface area contributed by atoms with Crippen LogP contribution in [0.3, 0.4) is 0 Å². The maximum absolute atomic E-state index is 13.0. The van der Waals surface area contributed by atoms with Crippen LogP contribution in [0, 0.1) is 0 Å². The highest BCUT2D eigenvalue weighted by molar-refractivity contribution is 6.13. The van der Waals surface area contributed by atoms with Crippen molar-refractivity contribution in [3.8, 4) is 11.1 Å². The number of fused-ring (bicyclic) bond motifs is 4. The Balaban J connectivity index is 1.51. The number of pyridine rings is 1. The van der Waals surface area contributed by atoms with Crippen molar-refractivity contribution in [3.63, 3.8) is 0 Å². The van der Waals surface area contributed by atoms with Crippen LogP contribution in [0.2, 0.25) is 0 Å². The number of hydrogen-bond donors (Lipinski definition) is 1. The second-order valence-corrected chi connectivity index (χ2v) is 7.80. The van der Waals surface area contributed by atoms with E-state index >= 15 is 0 Å². The molecule has 1 aliphatic rings. The predicted octanol–water partition coefficient (Wildman–Crippen LogP) is 5.48. The first-order valence-corrected chi connectivity index (χ1v) is 10.00. The van der Waals surface area contributed by atoms with Gasteiger partial charge in [-0.15, -0.1) is 0 Å². The Hall–Kier alpha value is -3.98. The Kier molecular flexibility index (Phi) is 3.53. The van der Waals surface area contributed by atoms with E-state index in [2.05, 4.69) is 4.98 Å². The molecule has 0 saturated carbocycles. The second kappa shape index (κ2) is 6.26. The molecule has 3 nitrogen and oxygen atoms in total. The van der Waals surface area contributed by atoms with Gasteiger partial charge in [0.15, 0.2) is 11.2 Å². The summed E-state index contributed by atoms with van der Waals surface area (Å²) >= 11 is 0. The Bertz CT molecular complexity index is 1560. The van der Waals surface area contributed by atoms with Crippen LogP contribution in [0.25, 0.3) is 32.9 Å². The number of aromatic amines is 1. The number of para-hydroxylation sites is 1. The Morgan fingerprint density at radius 1 is 0.600 bits per heavy atom. The van der Waals surface area contributed by atoms with E-state index in [4.69, 9.17) is 0 Å². The van der Waals surface area contributed by atoms with Gasteiger partial charge in [0, 0.05) is 32.9 Å². The van der Waals surface area contributed by atoms with Crippen molar-refractivity contribution in [2.75, 3.05) is 0 Å². The quantitative estimate of drug-likeness (QED) is 0.380. The molecule has 0 atom stereocenters. The van der Waals surface area contributed by atoms with Crippen molar-refractivity contribution in [2.24, 2.45) is 0 Å². The fourth-order valence-electron chi connectivity index (χ4n) is 4.47. The molecule has 1 heterocycles. The van der Waals surface area contributed by atoms with E-state index in [1.54, 1.807) is 0 Å². The molecule has 0 aliphatic heterocycles. The SMILES string of the molecule is O=C1c2ccccc2Cc2ccc(-c3ccc4[nH]c5ccccc5c(=O)c4c3)cc21. The minimum Gasteiger partial charge on any atom is -0.354 e. The Labute approximate surface area is 172 Å². The van der Waals surface area contributed by atoms with Crippen molar-refractivity contribution in [2.45, 2.75) is 6.42 Å². The number of rotatable bonds is 1. The van der Waals surface area contributed by atoms with Gasteiger partial charge in [0.05, 0.1) is 0 Å². The Morgan fingerprint density at radius 2 is 1.30 bits per heavy atom. The van der Waals surface area contributed by atoms with Gasteiger partial charge in [0.2, 0.25) is 0 Å². The molecule has 5 aromatic rings. The molecule has 3 heteroatoms. The monoisotopic (exact) mass is 387 g/mol. The van der Waals surface area contributed by atoms with Gasteiger partial charge in [-0.05, 0) is 59.0 Å². The molecule has 0 amide bonds. The highest BCUT2D eigenvalue weighted by atomic mass is 16.1. The van der Waals surface area contributed by atoms with Crippen LogP contribution in [-0.2, 0) is 6.42 Å². The molecule has 0 saturated heterocycles. The maximum atomic E-state index is 13.0. The fourth-order valence-corrected chi connectivity index (χ4v) is 4.47. The molecule has 1 aliphatic carbocycles. The van der Waals surface area contributed by atoms with Crippen LogP contribution in [-0.4, -0.2) is 10.8 Å². The third kappa shape index (κ3) is 2.45.